The minimum atomic E-state index is 0.203. The summed E-state index contributed by atoms with van der Waals surface area (Å²) >= 11 is 3.88. The highest BCUT2D eigenvalue weighted by molar-refractivity contribution is 8.00. The van der Waals surface area contributed by atoms with E-state index in [0.29, 0.717) is 5.25 Å². The quantitative estimate of drug-likeness (QED) is 0.897. The molecule has 90 valence electrons. The second kappa shape index (κ2) is 5.08. The van der Waals surface area contributed by atoms with E-state index in [2.05, 4.69) is 48.1 Å². The summed E-state index contributed by atoms with van der Waals surface area (Å²) in [6.45, 7) is 4.11. The highest BCUT2D eigenvalue weighted by Gasteiger charge is 2.42. The molecule has 1 aliphatic rings. The standard InChI is InChI=1S/C12H20N2S2/c1-10-12(9-13,5-7-15-10)14(2)8-11-4-3-6-16-11/h3-4,6,10H,5,7-9,13H2,1-2H3. The molecule has 0 aromatic carbocycles. The van der Waals surface area contributed by atoms with Gasteiger partial charge >= 0.3 is 0 Å². The van der Waals surface area contributed by atoms with Crippen molar-refractivity contribution in [1.82, 2.24) is 4.90 Å². The average Bonchev–Trinajstić information content (AvgIpc) is 2.88. The van der Waals surface area contributed by atoms with Gasteiger partial charge in [-0.3, -0.25) is 4.90 Å². The molecular weight excluding hydrogens is 236 g/mol. The van der Waals surface area contributed by atoms with Crippen LogP contribution in [0.5, 0.6) is 0 Å². The molecule has 0 saturated carbocycles. The Hall–Kier alpha value is -0.0300. The zero-order valence-electron chi connectivity index (χ0n) is 9.98. The Morgan fingerprint density at radius 3 is 2.94 bits per heavy atom. The third kappa shape index (κ3) is 2.16. The topological polar surface area (TPSA) is 29.3 Å². The van der Waals surface area contributed by atoms with Gasteiger partial charge in [-0.15, -0.1) is 11.3 Å². The van der Waals surface area contributed by atoms with Crippen LogP contribution in [0.3, 0.4) is 0 Å². The summed E-state index contributed by atoms with van der Waals surface area (Å²) in [6.07, 6.45) is 1.22. The lowest BCUT2D eigenvalue weighted by atomic mass is 9.91. The van der Waals surface area contributed by atoms with Crippen LogP contribution >= 0.6 is 23.1 Å². The Kier molecular flexibility index (Phi) is 3.95. The molecule has 0 amide bonds. The van der Waals surface area contributed by atoms with E-state index in [0.717, 1.165) is 13.1 Å². The van der Waals surface area contributed by atoms with Crippen molar-refractivity contribution in [2.45, 2.75) is 30.7 Å². The lowest BCUT2D eigenvalue weighted by molar-refractivity contribution is 0.123. The molecule has 1 aliphatic heterocycles. The van der Waals surface area contributed by atoms with Crippen LogP contribution in [0.1, 0.15) is 18.2 Å². The number of nitrogens with two attached hydrogens (primary N) is 1. The Labute approximate surface area is 106 Å². The number of rotatable bonds is 4. The van der Waals surface area contributed by atoms with Gasteiger partial charge in [-0.1, -0.05) is 13.0 Å². The van der Waals surface area contributed by atoms with E-state index in [1.165, 1.54) is 17.1 Å². The fourth-order valence-corrected chi connectivity index (χ4v) is 4.78. The van der Waals surface area contributed by atoms with E-state index in [-0.39, 0.29) is 5.54 Å². The summed E-state index contributed by atoms with van der Waals surface area (Å²) in [4.78, 5) is 3.89. The molecule has 2 rings (SSSR count). The predicted molar refractivity (Wildman–Crippen MR) is 74.1 cm³/mol. The summed E-state index contributed by atoms with van der Waals surface area (Å²) < 4.78 is 0. The van der Waals surface area contributed by atoms with Crippen molar-refractivity contribution in [1.29, 1.82) is 0 Å². The molecule has 0 aliphatic carbocycles. The minimum absolute atomic E-state index is 0.203. The van der Waals surface area contributed by atoms with Crippen LogP contribution in [-0.2, 0) is 6.54 Å². The zero-order chi connectivity index (χ0) is 11.6. The average molecular weight is 256 g/mol. The lowest BCUT2D eigenvalue weighted by Crippen LogP contribution is -2.55. The van der Waals surface area contributed by atoms with Gasteiger partial charge in [-0.2, -0.15) is 11.8 Å². The van der Waals surface area contributed by atoms with Crippen molar-refractivity contribution in [3.8, 4) is 0 Å². The smallest absolute Gasteiger partial charge is 0.0456 e. The molecular formula is C12H20N2S2. The molecule has 2 unspecified atom stereocenters. The van der Waals surface area contributed by atoms with Gasteiger partial charge in [0.15, 0.2) is 0 Å². The van der Waals surface area contributed by atoms with E-state index >= 15 is 0 Å². The molecule has 2 N–H and O–H groups in total. The van der Waals surface area contributed by atoms with Crippen LogP contribution in [0.15, 0.2) is 17.5 Å². The molecule has 2 nitrogen and oxygen atoms in total. The SMILES string of the molecule is CC1SCCC1(CN)N(C)Cc1cccs1. The number of thiophene rings is 1. The van der Waals surface area contributed by atoms with E-state index in [1.54, 1.807) is 0 Å². The Morgan fingerprint density at radius 2 is 2.44 bits per heavy atom. The van der Waals surface area contributed by atoms with Crippen LogP contribution in [0.4, 0.5) is 0 Å². The molecule has 16 heavy (non-hydrogen) atoms. The first kappa shape index (κ1) is 12.4. The van der Waals surface area contributed by atoms with Gasteiger partial charge in [0.1, 0.15) is 0 Å². The maximum atomic E-state index is 6.04. The van der Waals surface area contributed by atoms with Gasteiger partial charge in [-0.25, -0.2) is 0 Å². The number of nitrogens with zero attached hydrogens (tertiary/aromatic N) is 1. The lowest BCUT2D eigenvalue weighted by Gasteiger charge is -2.40. The van der Waals surface area contributed by atoms with Crippen LogP contribution in [0.2, 0.25) is 0 Å². The van der Waals surface area contributed by atoms with E-state index in [1.807, 2.05) is 11.3 Å². The monoisotopic (exact) mass is 256 g/mol. The minimum Gasteiger partial charge on any atom is -0.329 e. The second-order valence-electron chi connectivity index (χ2n) is 4.51. The van der Waals surface area contributed by atoms with Crippen molar-refractivity contribution in [2.75, 3.05) is 19.3 Å². The Morgan fingerprint density at radius 1 is 1.62 bits per heavy atom. The fraction of sp³-hybridized carbons (Fsp3) is 0.667. The Balaban J connectivity index is 2.09. The summed E-state index contributed by atoms with van der Waals surface area (Å²) in [5, 5.41) is 2.79. The van der Waals surface area contributed by atoms with E-state index in [4.69, 9.17) is 5.73 Å². The van der Waals surface area contributed by atoms with Gasteiger partial charge in [-0.05, 0) is 30.7 Å². The predicted octanol–water partition coefficient (Wildman–Crippen LogP) is 2.40. The molecule has 0 radical (unpaired) electrons. The summed E-state index contributed by atoms with van der Waals surface area (Å²) in [5.74, 6) is 1.24. The number of likely N-dealkylation sites (N-methyl/N-ethyl adjacent to an activating group) is 1. The fourth-order valence-electron chi connectivity index (χ4n) is 2.49. The third-order valence-electron chi connectivity index (χ3n) is 3.75. The van der Waals surface area contributed by atoms with Crippen molar-refractivity contribution in [3.05, 3.63) is 22.4 Å². The molecule has 1 saturated heterocycles. The van der Waals surface area contributed by atoms with Crippen LogP contribution in [-0.4, -0.2) is 35.0 Å². The van der Waals surface area contributed by atoms with Crippen LogP contribution < -0.4 is 5.73 Å². The molecule has 1 aromatic heterocycles. The zero-order valence-corrected chi connectivity index (χ0v) is 11.6. The largest absolute Gasteiger partial charge is 0.329 e. The first-order valence-corrected chi connectivity index (χ1v) is 7.67. The van der Waals surface area contributed by atoms with Gasteiger partial charge in [0.2, 0.25) is 0 Å². The van der Waals surface area contributed by atoms with Crippen molar-refractivity contribution < 1.29 is 0 Å². The van der Waals surface area contributed by atoms with Crippen molar-refractivity contribution in [2.24, 2.45) is 5.73 Å². The second-order valence-corrected chi connectivity index (χ2v) is 6.99. The summed E-state index contributed by atoms with van der Waals surface area (Å²) in [7, 11) is 2.22. The third-order valence-corrected chi connectivity index (χ3v) is 5.99. The highest BCUT2D eigenvalue weighted by atomic mass is 32.2. The molecule has 2 heterocycles. The molecule has 1 aromatic rings. The molecule has 0 spiro atoms. The van der Waals surface area contributed by atoms with Crippen LogP contribution in [0, 0.1) is 0 Å². The number of hydrogen-bond donors (Lipinski definition) is 1. The normalized spacial score (nSPS) is 30.1. The van der Waals surface area contributed by atoms with Gasteiger partial charge in [0, 0.05) is 28.8 Å². The van der Waals surface area contributed by atoms with Gasteiger partial charge in [0.25, 0.3) is 0 Å². The number of thioether (sulfide) groups is 1. The van der Waals surface area contributed by atoms with Crippen molar-refractivity contribution in [3.63, 3.8) is 0 Å². The summed E-state index contributed by atoms with van der Waals surface area (Å²) in [6, 6.07) is 4.33. The van der Waals surface area contributed by atoms with Gasteiger partial charge < -0.3 is 5.73 Å². The van der Waals surface area contributed by atoms with Crippen LogP contribution in [0.25, 0.3) is 0 Å². The van der Waals surface area contributed by atoms with E-state index in [9.17, 15) is 0 Å². The maximum absolute atomic E-state index is 6.04. The maximum Gasteiger partial charge on any atom is 0.0456 e. The molecule has 1 fully saturated rings. The Bertz CT molecular complexity index is 326. The summed E-state index contributed by atoms with van der Waals surface area (Å²) in [5.41, 5.74) is 6.24. The molecule has 4 heteroatoms. The molecule has 0 bridgehead atoms. The highest BCUT2D eigenvalue weighted by Crippen LogP contribution is 2.39. The first-order chi connectivity index (χ1) is 7.69. The number of hydrogen-bond acceptors (Lipinski definition) is 4. The first-order valence-electron chi connectivity index (χ1n) is 5.74. The van der Waals surface area contributed by atoms with Gasteiger partial charge in [0.05, 0.1) is 0 Å². The van der Waals surface area contributed by atoms with Crippen molar-refractivity contribution >= 4 is 23.1 Å². The van der Waals surface area contributed by atoms with E-state index < -0.39 is 0 Å². The molecule has 2 atom stereocenters.